The molecular weight excluding hydrogens is 314 g/mol. The highest BCUT2D eigenvalue weighted by molar-refractivity contribution is 5.93. The molecule has 8 heteroatoms. The average molecular weight is 333 g/mol. The van der Waals surface area contributed by atoms with Crippen LogP contribution >= 0.6 is 0 Å². The maximum absolute atomic E-state index is 11.8. The normalized spacial score (nSPS) is 11.0. The third-order valence-electron chi connectivity index (χ3n) is 2.80. The van der Waals surface area contributed by atoms with Crippen LogP contribution in [0.1, 0.15) is 20.8 Å². The lowest BCUT2D eigenvalue weighted by molar-refractivity contribution is -0.115. The molecular formula is C16H19N3O5. The number of hydrogen-bond donors (Lipinski definition) is 2. The zero-order valence-corrected chi connectivity index (χ0v) is 13.7. The molecule has 0 spiro atoms. The highest BCUT2D eigenvalue weighted by atomic mass is 16.6. The van der Waals surface area contributed by atoms with E-state index in [0.29, 0.717) is 11.4 Å². The first-order chi connectivity index (χ1) is 11.2. The Morgan fingerprint density at radius 2 is 1.88 bits per heavy atom. The van der Waals surface area contributed by atoms with Crippen LogP contribution in [0.2, 0.25) is 0 Å². The molecule has 24 heavy (non-hydrogen) atoms. The predicted octanol–water partition coefficient (Wildman–Crippen LogP) is 1.89. The van der Waals surface area contributed by atoms with Crippen LogP contribution in [0, 0.1) is 0 Å². The smallest absolute Gasteiger partial charge is 0.423 e. The van der Waals surface area contributed by atoms with Gasteiger partial charge in [0.05, 0.1) is 11.9 Å². The number of ether oxygens (including phenoxy) is 1. The first-order valence-corrected chi connectivity index (χ1v) is 7.28. The fraction of sp³-hybridized carbons (Fsp3) is 0.312. The van der Waals surface area contributed by atoms with Crippen LogP contribution in [-0.4, -0.2) is 28.7 Å². The van der Waals surface area contributed by atoms with Gasteiger partial charge in [0.15, 0.2) is 0 Å². The fourth-order valence-corrected chi connectivity index (χ4v) is 1.84. The lowest BCUT2D eigenvalue weighted by atomic mass is 10.2. The van der Waals surface area contributed by atoms with Crippen LogP contribution in [0.4, 0.5) is 10.5 Å². The van der Waals surface area contributed by atoms with Crippen LogP contribution in [0.3, 0.4) is 0 Å². The van der Waals surface area contributed by atoms with E-state index in [1.807, 2.05) is 0 Å². The minimum absolute atomic E-state index is 0.210. The molecule has 0 fully saturated rings. The third-order valence-corrected chi connectivity index (χ3v) is 2.80. The van der Waals surface area contributed by atoms with E-state index in [0.717, 1.165) is 0 Å². The number of nitrogens with zero attached hydrogens (tertiary/aromatic N) is 1. The lowest BCUT2D eigenvalue weighted by Gasteiger charge is -2.19. The van der Waals surface area contributed by atoms with Crippen LogP contribution in [0.25, 0.3) is 5.69 Å². The van der Waals surface area contributed by atoms with Crippen molar-refractivity contribution in [2.24, 2.45) is 0 Å². The van der Waals surface area contributed by atoms with E-state index >= 15 is 0 Å². The van der Waals surface area contributed by atoms with Crippen molar-refractivity contribution in [3.63, 3.8) is 0 Å². The Hall–Kier alpha value is -3.03. The van der Waals surface area contributed by atoms with Gasteiger partial charge in [-0.1, -0.05) is 0 Å². The van der Waals surface area contributed by atoms with Gasteiger partial charge >= 0.3 is 11.8 Å². The molecule has 0 saturated carbocycles. The van der Waals surface area contributed by atoms with E-state index in [2.05, 4.69) is 15.1 Å². The molecule has 1 heterocycles. The van der Waals surface area contributed by atoms with Crippen molar-refractivity contribution in [3.05, 3.63) is 47.3 Å². The van der Waals surface area contributed by atoms with E-state index in [9.17, 15) is 14.4 Å². The highest BCUT2D eigenvalue weighted by Gasteiger charge is 2.16. The number of benzene rings is 1. The van der Waals surface area contributed by atoms with E-state index in [1.165, 1.54) is 17.0 Å². The summed E-state index contributed by atoms with van der Waals surface area (Å²) >= 11 is 0. The van der Waals surface area contributed by atoms with Gasteiger partial charge < -0.3 is 19.8 Å². The summed E-state index contributed by atoms with van der Waals surface area (Å²) in [6.07, 6.45) is 2.13. The summed E-state index contributed by atoms with van der Waals surface area (Å²) in [5, 5.41) is 5.00. The molecule has 0 aliphatic heterocycles. The van der Waals surface area contributed by atoms with Crippen molar-refractivity contribution in [3.8, 4) is 5.69 Å². The second kappa shape index (κ2) is 7.03. The Kier molecular flexibility index (Phi) is 5.08. The molecule has 0 unspecified atom stereocenters. The monoisotopic (exact) mass is 333 g/mol. The van der Waals surface area contributed by atoms with E-state index in [4.69, 9.17) is 4.74 Å². The van der Waals surface area contributed by atoms with Crippen molar-refractivity contribution in [2.45, 2.75) is 26.4 Å². The zero-order valence-electron chi connectivity index (χ0n) is 13.7. The summed E-state index contributed by atoms with van der Waals surface area (Å²) in [5.74, 6) is -0.887. The van der Waals surface area contributed by atoms with Gasteiger partial charge in [0, 0.05) is 5.69 Å². The summed E-state index contributed by atoms with van der Waals surface area (Å²) in [5.41, 5.74) is 0.520. The summed E-state index contributed by atoms with van der Waals surface area (Å²) < 4.78 is 11.1. The first-order valence-electron chi connectivity index (χ1n) is 7.28. The molecule has 2 amide bonds. The van der Waals surface area contributed by atoms with Crippen molar-refractivity contribution in [1.29, 1.82) is 0 Å². The van der Waals surface area contributed by atoms with E-state index in [1.54, 1.807) is 45.0 Å². The topological polar surface area (TPSA) is 103 Å². The van der Waals surface area contributed by atoms with Gasteiger partial charge in [0.25, 0.3) is 0 Å². The molecule has 1 aromatic carbocycles. The number of oxazole rings is 1. The second-order valence-corrected chi connectivity index (χ2v) is 5.99. The summed E-state index contributed by atoms with van der Waals surface area (Å²) in [7, 11) is 0. The number of carbonyl (C=O) groups is 2. The Labute approximate surface area is 138 Å². The molecule has 2 rings (SSSR count). The van der Waals surface area contributed by atoms with Gasteiger partial charge in [-0.15, -0.1) is 0 Å². The van der Waals surface area contributed by atoms with Crippen molar-refractivity contribution in [2.75, 3.05) is 11.9 Å². The maximum atomic E-state index is 11.8. The molecule has 0 bridgehead atoms. The molecule has 1 aromatic heterocycles. The second-order valence-electron chi connectivity index (χ2n) is 5.99. The highest BCUT2D eigenvalue weighted by Crippen LogP contribution is 2.12. The van der Waals surface area contributed by atoms with Gasteiger partial charge in [0.2, 0.25) is 5.91 Å². The number of rotatable bonds is 4. The summed E-state index contributed by atoms with van der Waals surface area (Å²) in [6, 6.07) is 6.60. The summed E-state index contributed by atoms with van der Waals surface area (Å²) in [6.45, 7) is 5.00. The van der Waals surface area contributed by atoms with Crippen molar-refractivity contribution < 1.29 is 18.7 Å². The van der Waals surface area contributed by atoms with Gasteiger partial charge in [-0.3, -0.25) is 4.79 Å². The molecule has 0 saturated heterocycles. The minimum atomic E-state index is -0.660. The molecule has 2 N–H and O–H groups in total. The van der Waals surface area contributed by atoms with Gasteiger partial charge in [-0.2, -0.15) is 0 Å². The van der Waals surface area contributed by atoms with Crippen molar-refractivity contribution >= 4 is 17.7 Å². The largest absolute Gasteiger partial charge is 0.444 e. The number of anilines is 1. The van der Waals surface area contributed by atoms with Gasteiger partial charge in [0.1, 0.15) is 18.4 Å². The standard InChI is InChI=1S/C16H19N3O5/c1-16(2,3)24-14(21)17-10-13(20)18-11-4-6-12(7-5-11)19-8-9-23-15(19)22/h4-9H,10H2,1-3H3,(H,17,21)(H,18,20). The number of carbonyl (C=O) groups excluding carboxylic acids is 2. The molecule has 2 aromatic rings. The Balaban J connectivity index is 1.87. The molecule has 0 aliphatic rings. The lowest BCUT2D eigenvalue weighted by Crippen LogP contribution is -2.37. The van der Waals surface area contributed by atoms with Gasteiger partial charge in [-0.05, 0) is 45.0 Å². The number of hydrogen-bond acceptors (Lipinski definition) is 5. The van der Waals surface area contributed by atoms with Crippen LogP contribution in [0.5, 0.6) is 0 Å². The van der Waals surface area contributed by atoms with E-state index in [-0.39, 0.29) is 6.54 Å². The zero-order chi connectivity index (χ0) is 17.7. The number of alkyl carbamates (subject to hydrolysis) is 1. The number of amides is 2. The summed E-state index contributed by atoms with van der Waals surface area (Å²) in [4.78, 5) is 34.7. The Morgan fingerprint density at radius 3 is 2.42 bits per heavy atom. The number of aromatic nitrogens is 1. The molecule has 0 atom stereocenters. The maximum Gasteiger partial charge on any atom is 0.423 e. The average Bonchev–Trinajstić information content (AvgIpc) is 2.90. The van der Waals surface area contributed by atoms with Crippen LogP contribution in [0.15, 0.2) is 45.9 Å². The molecule has 128 valence electrons. The number of nitrogens with one attached hydrogen (secondary N) is 2. The van der Waals surface area contributed by atoms with Crippen LogP contribution < -0.4 is 16.4 Å². The van der Waals surface area contributed by atoms with Gasteiger partial charge in [-0.25, -0.2) is 14.2 Å². The Bertz CT molecular complexity index is 768. The fourth-order valence-electron chi connectivity index (χ4n) is 1.84. The van der Waals surface area contributed by atoms with Crippen LogP contribution in [-0.2, 0) is 9.53 Å². The minimum Gasteiger partial charge on any atom is -0.444 e. The Morgan fingerprint density at radius 1 is 1.21 bits per heavy atom. The SMILES string of the molecule is CC(C)(C)OC(=O)NCC(=O)Nc1ccc(-n2ccoc2=O)cc1. The third kappa shape index (κ3) is 5.01. The van der Waals surface area contributed by atoms with Crippen molar-refractivity contribution in [1.82, 2.24) is 9.88 Å². The molecule has 0 aliphatic carbocycles. The predicted molar refractivity (Wildman–Crippen MR) is 87.2 cm³/mol. The molecule has 8 nitrogen and oxygen atoms in total. The van der Waals surface area contributed by atoms with E-state index < -0.39 is 23.4 Å². The molecule has 0 radical (unpaired) electrons. The first kappa shape index (κ1) is 17.3. The quantitative estimate of drug-likeness (QED) is 0.889.